The number of carbonyl (C=O) groups excluding carboxylic acids is 1. The SMILES string of the molecule is CC1(C)C(C2=CCCCC2)=CC=C2NC(=O)C(C)(C)C(C(F)(F)F)=C21. The Labute approximate surface area is 146 Å². The second-order valence-electron chi connectivity index (χ2n) is 8.09. The first-order valence-corrected chi connectivity index (χ1v) is 8.73. The fourth-order valence-electron chi connectivity index (χ4n) is 4.27. The number of fused-ring (bicyclic) bond motifs is 1. The molecule has 0 unspecified atom stereocenters. The van der Waals surface area contributed by atoms with Crippen molar-refractivity contribution in [3.63, 3.8) is 0 Å². The third-order valence-corrected chi connectivity index (χ3v) is 5.60. The van der Waals surface area contributed by atoms with Gasteiger partial charge < -0.3 is 5.32 Å². The van der Waals surface area contributed by atoms with Crippen LogP contribution in [0.15, 0.2) is 46.2 Å². The van der Waals surface area contributed by atoms with Crippen LogP contribution in [-0.4, -0.2) is 12.1 Å². The molecule has 0 aromatic carbocycles. The number of rotatable bonds is 1. The van der Waals surface area contributed by atoms with Gasteiger partial charge in [-0.15, -0.1) is 0 Å². The van der Waals surface area contributed by atoms with Crippen LogP contribution in [0.3, 0.4) is 0 Å². The fraction of sp³-hybridized carbons (Fsp3) is 0.550. The van der Waals surface area contributed by atoms with Crippen LogP contribution in [-0.2, 0) is 4.79 Å². The van der Waals surface area contributed by atoms with E-state index in [2.05, 4.69) is 11.4 Å². The van der Waals surface area contributed by atoms with E-state index in [9.17, 15) is 18.0 Å². The van der Waals surface area contributed by atoms with E-state index in [0.717, 1.165) is 36.8 Å². The summed E-state index contributed by atoms with van der Waals surface area (Å²) < 4.78 is 42.0. The smallest absolute Gasteiger partial charge is 0.325 e. The van der Waals surface area contributed by atoms with Crippen molar-refractivity contribution in [1.82, 2.24) is 5.32 Å². The molecule has 0 aromatic heterocycles. The Bertz CT molecular complexity index is 745. The first-order valence-electron chi connectivity index (χ1n) is 8.73. The maximum atomic E-state index is 14.0. The molecule has 1 aliphatic heterocycles. The van der Waals surface area contributed by atoms with E-state index in [4.69, 9.17) is 0 Å². The topological polar surface area (TPSA) is 29.1 Å². The minimum atomic E-state index is -4.56. The highest BCUT2D eigenvalue weighted by Gasteiger charge is 2.55. The van der Waals surface area contributed by atoms with Gasteiger partial charge in [0.2, 0.25) is 5.91 Å². The summed E-state index contributed by atoms with van der Waals surface area (Å²) in [5, 5.41) is 2.69. The van der Waals surface area contributed by atoms with Crippen molar-refractivity contribution in [1.29, 1.82) is 0 Å². The first kappa shape index (κ1) is 18.0. The Balaban J connectivity index is 2.26. The fourth-order valence-corrected chi connectivity index (χ4v) is 4.27. The molecule has 3 rings (SSSR count). The van der Waals surface area contributed by atoms with E-state index in [1.165, 1.54) is 13.8 Å². The molecule has 2 nitrogen and oxygen atoms in total. The molecule has 0 saturated carbocycles. The van der Waals surface area contributed by atoms with Gasteiger partial charge >= 0.3 is 6.18 Å². The number of allylic oxidation sites excluding steroid dienone is 6. The number of hydrogen-bond donors (Lipinski definition) is 1. The molecule has 0 spiro atoms. The van der Waals surface area contributed by atoms with Gasteiger partial charge in [-0.05, 0) is 62.3 Å². The van der Waals surface area contributed by atoms with Crippen LogP contribution in [0, 0.1) is 10.8 Å². The monoisotopic (exact) mass is 351 g/mol. The van der Waals surface area contributed by atoms with E-state index in [1.54, 1.807) is 6.08 Å². The number of amides is 1. The molecule has 0 atom stereocenters. The maximum Gasteiger partial charge on any atom is 0.414 e. The average Bonchev–Trinajstić information content (AvgIpc) is 2.49. The van der Waals surface area contributed by atoms with Gasteiger partial charge in [-0.3, -0.25) is 4.79 Å². The van der Waals surface area contributed by atoms with Crippen LogP contribution in [0.2, 0.25) is 0 Å². The van der Waals surface area contributed by atoms with E-state index in [0.29, 0.717) is 0 Å². The Morgan fingerprint density at radius 3 is 2.28 bits per heavy atom. The van der Waals surface area contributed by atoms with Gasteiger partial charge in [-0.1, -0.05) is 26.0 Å². The van der Waals surface area contributed by atoms with Crippen LogP contribution in [0.4, 0.5) is 13.2 Å². The quantitative estimate of drug-likeness (QED) is 0.678. The van der Waals surface area contributed by atoms with Gasteiger partial charge in [-0.2, -0.15) is 13.2 Å². The number of nitrogens with one attached hydrogen (secondary N) is 1. The predicted octanol–water partition coefficient (Wildman–Crippen LogP) is 5.35. The van der Waals surface area contributed by atoms with Crippen LogP contribution in [0.5, 0.6) is 0 Å². The van der Waals surface area contributed by atoms with Gasteiger partial charge in [0.05, 0.1) is 11.0 Å². The summed E-state index contributed by atoms with van der Waals surface area (Å²) >= 11 is 0. The summed E-state index contributed by atoms with van der Waals surface area (Å²) in [5.74, 6) is -0.612. The number of carbonyl (C=O) groups is 1. The summed E-state index contributed by atoms with van der Waals surface area (Å²) in [4.78, 5) is 12.3. The lowest BCUT2D eigenvalue weighted by atomic mass is 9.63. The Hall–Kier alpha value is -1.78. The van der Waals surface area contributed by atoms with Crippen LogP contribution in [0.1, 0.15) is 53.4 Å². The molecule has 1 amide bonds. The van der Waals surface area contributed by atoms with Gasteiger partial charge in [0.15, 0.2) is 0 Å². The number of hydrogen-bond acceptors (Lipinski definition) is 1. The van der Waals surface area contributed by atoms with Crippen LogP contribution in [0.25, 0.3) is 0 Å². The molecule has 136 valence electrons. The lowest BCUT2D eigenvalue weighted by Crippen LogP contribution is -2.50. The van der Waals surface area contributed by atoms with E-state index >= 15 is 0 Å². The van der Waals surface area contributed by atoms with Crippen molar-refractivity contribution in [3.05, 3.63) is 46.2 Å². The minimum Gasteiger partial charge on any atom is -0.325 e. The number of alkyl halides is 3. The molecular weight excluding hydrogens is 327 g/mol. The predicted molar refractivity (Wildman–Crippen MR) is 91.5 cm³/mol. The molecule has 0 aromatic rings. The molecular formula is C20H24F3NO. The largest absolute Gasteiger partial charge is 0.414 e. The van der Waals surface area contributed by atoms with Crippen molar-refractivity contribution in [2.75, 3.05) is 0 Å². The zero-order chi connectivity index (χ0) is 18.6. The van der Waals surface area contributed by atoms with Crippen molar-refractivity contribution in [2.24, 2.45) is 10.8 Å². The van der Waals surface area contributed by atoms with Gasteiger partial charge in [-0.25, -0.2) is 0 Å². The van der Waals surface area contributed by atoms with E-state index in [-0.39, 0.29) is 11.3 Å². The maximum absolute atomic E-state index is 14.0. The lowest BCUT2D eigenvalue weighted by Gasteiger charge is -2.45. The summed E-state index contributed by atoms with van der Waals surface area (Å²) in [6.45, 7) is 6.36. The first-order chi connectivity index (χ1) is 11.5. The Kier molecular flexibility index (Phi) is 4.05. The molecule has 0 radical (unpaired) electrons. The normalized spacial score (nSPS) is 25.6. The summed E-state index contributed by atoms with van der Waals surface area (Å²) in [7, 11) is 0. The number of halogens is 3. The van der Waals surface area contributed by atoms with E-state index in [1.807, 2.05) is 19.9 Å². The molecule has 3 aliphatic rings. The highest BCUT2D eigenvalue weighted by molar-refractivity contribution is 5.91. The van der Waals surface area contributed by atoms with Crippen molar-refractivity contribution in [3.8, 4) is 0 Å². The molecule has 1 heterocycles. The highest BCUT2D eigenvalue weighted by atomic mass is 19.4. The van der Waals surface area contributed by atoms with Gasteiger partial charge in [0.1, 0.15) is 0 Å². The van der Waals surface area contributed by atoms with Crippen LogP contribution >= 0.6 is 0 Å². The Morgan fingerprint density at radius 1 is 1.04 bits per heavy atom. The second-order valence-corrected chi connectivity index (χ2v) is 8.09. The summed E-state index contributed by atoms with van der Waals surface area (Å²) in [5.41, 5.74) is -0.610. The Morgan fingerprint density at radius 2 is 1.72 bits per heavy atom. The van der Waals surface area contributed by atoms with Crippen molar-refractivity contribution in [2.45, 2.75) is 59.6 Å². The van der Waals surface area contributed by atoms with Gasteiger partial charge in [0, 0.05) is 11.1 Å². The third-order valence-electron chi connectivity index (χ3n) is 5.60. The lowest BCUT2D eigenvalue weighted by molar-refractivity contribution is -0.138. The average molecular weight is 351 g/mol. The standard InChI is InChI=1S/C20H24F3NO/c1-18(2)13(12-8-6-5-7-9-12)10-11-14-15(18)16(20(21,22)23)19(3,4)17(25)24-14/h8,10-11H,5-7,9H2,1-4H3,(H,24,25). The van der Waals surface area contributed by atoms with Crippen molar-refractivity contribution >= 4 is 5.91 Å². The van der Waals surface area contributed by atoms with Crippen LogP contribution < -0.4 is 5.32 Å². The molecule has 5 heteroatoms. The molecule has 2 aliphatic carbocycles. The summed E-state index contributed by atoms with van der Waals surface area (Å²) in [6, 6.07) is 0. The molecule has 0 fully saturated rings. The van der Waals surface area contributed by atoms with Gasteiger partial charge in [0.25, 0.3) is 0 Å². The highest BCUT2D eigenvalue weighted by Crippen LogP contribution is 2.55. The van der Waals surface area contributed by atoms with Crippen molar-refractivity contribution < 1.29 is 18.0 Å². The minimum absolute atomic E-state index is 0.202. The third kappa shape index (κ3) is 2.77. The zero-order valence-corrected chi connectivity index (χ0v) is 15.1. The molecule has 0 saturated heterocycles. The molecule has 0 bridgehead atoms. The second kappa shape index (κ2) is 5.61. The summed E-state index contributed by atoms with van der Waals surface area (Å²) in [6.07, 6.45) is 5.14. The zero-order valence-electron chi connectivity index (χ0n) is 15.1. The molecule has 25 heavy (non-hydrogen) atoms. The molecule has 1 N–H and O–H groups in total. The van der Waals surface area contributed by atoms with E-state index < -0.39 is 28.5 Å².